The van der Waals surface area contributed by atoms with Crippen molar-refractivity contribution in [1.82, 2.24) is 4.90 Å². The molecular formula is C18H23NO2. The van der Waals surface area contributed by atoms with Gasteiger partial charge in [0, 0.05) is 6.54 Å². The summed E-state index contributed by atoms with van der Waals surface area (Å²) in [6.07, 6.45) is 10.9. The van der Waals surface area contributed by atoms with E-state index in [1.54, 1.807) is 24.3 Å². The highest BCUT2D eigenvalue weighted by molar-refractivity contribution is 6.21. The van der Waals surface area contributed by atoms with Crippen LogP contribution in [0.1, 0.15) is 66.2 Å². The van der Waals surface area contributed by atoms with E-state index < -0.39 is 0 Å². The lowest BCUT2D eigenvalue weighted by Gasteiger charge is -2.12. The highest BCUT2D eigenvalue weighted by Gasteiger charge is 2.34. The summed E-state index contributed by atoms with van der Waals surface area (Å²) < 4.78 is 0. The zero-order chi connectivity index (χ0) is 15.1. The summed E-state index contributed by atoms with van der Waals surface area (Å²) in [7, 11) is 0. The third-order valence-corrected chi connectivity index (χ3v) is 3.77. The Balaban J connectivity index is 1.74. The number of benzene rings is 1. The van der Waals surface area contributed by atoms with E-state index in [0.29, 0.717) is 17.7 Å². The first-order valence-electron chi connectivity index (χ1n) is 7.86. The third kappa shape index (κ3) is 3.81. The quantitative estimate of drug-likeness (QED) is 0.408. The summed E-state index contributed by atoms with van der Waals surface area (Å²) in [4.78, 5) is 25.7. The highest BCUT2D eigenvalue weighted by Crippen LogP contribution is 2.22. The molecule has 0 bridgehead atoms. The standard InChI is InChI=1S/C18H23NO2/c1-2-3-4-5-6-7-8-11-14-19-17(20)15-12-9-10-13-16(15)18(19)21/h5-6,9-10,12-13H,2-4,7-8,11,14H2,1H3. The molecule has 3 heteroatoms. The maximum Gasteiger partial charge on any atom is 0.261 e. The van der Waals surface area contributed by atoms with Gasteiger partial charge < -0.3 is 0 Å². The van der Waals surface area contributed by atoms with Crippen molar-refractivity contribution in [2.75, 3.05) is 6.54 Å². The molecule has 2 rings (SSSR count). The molecular weight excluding hydrogens is 262 g/mol. The zero-order valence-corrected chi connectivity index (χ0v) is 12.7. The van der Waals surface area contributed by atoms with Gasteiger partial charge in [0.05, 0.1) is 11.1 Å². The van der Waals surface area contributed by atoms with E-state index >= 15 is 0 Å². The predicted molar refractivity (Wildman–Crippen MR) is 84.3 cm³/mol. The van der Waals surface area contributed by atoms with Crippen molar-refractivity contribution in [3.05, 3.63) is 47.5 Å². The van der Waals surface area contributed by atoms with Gasteiger partial charge in [-0.25, -0.2) is 0 Å². The largest absolute Gasteiger partial charge is 0.274 e. The number of hydrogen-bond donors (Lipinski definition) is 0. The second-order valence-corrected chi connectivity index (χ2v) is 5.42. The number of hydrogen-bond acceptors (Lipinski definition) is 2. The summed E-state index contributed by atoms with van der Waals surface area (Å²) in [5.41, 5.74) is 1.09. The molecule has 0 aliphatic carbocycles. The van der Waals surface area contributed by atoms with Crippen molar-refractivity contribution in [1.29, 1.82) is 0 Å². The van der Waals surface area contributed by atoms with Gasteiger partial charge in [-0.05, 0) is 37.8 Å². The Labute approximate surface area is 126 Å². The minimum absolute atomic E-state index is 0.144. The van der Waals surface area contributed by atoms with E-state index in [9.17, 15) is 9.59 Å². The smallest absolute Gasteiger partial charge is 0.261 e. The Bertz CT molecular complexity index is 499. The molecule has 0 N–H and O–H groups in total. The van der Waals surface area contributed by atoms with Gasteiger partial charge in [0.25, 0.3) is 11.8 Å². The minimum Gasteiger partial charge on any atom is -0.274 e. The van der Waals surface area contributed by atoms with Crippen LogP contribution in [0.5, 0.6) is 0 Å². The second-order valence-electron chi connectivity index (χ2n) is 5.42. The number of rotatable bonds is 8. The Hall–Kier alpha value is -1.90. The van der Waals surface area contributed by atoms with Crippen LogP contribution in [0.15, 0.2) is 36.4 Å². The van der Waals surface area contributed by atoms with Crippen molar-refractivity contribution >= 4 is 11.8 Å². The van der Waals surface area contributed by atoms with Crippen molar-refractivity contribution in [2.45, 2.75) is 45.4 Å². The fourth-order valence-corrected chi connectivity index (χ4v) is 2.53. The van der Waals surface area contributed by atoms with Gasteiger partial charge in [0.15, 0.2) is 0 Å². The molecule has 0 unspecified atom stereocenters. The lowest BCUT2D eigenvalue weighted by molar-refractivity contribution is 0.0652. The third-order valence-electron chi connectivity index (χ3n) is 3.77. The molecule has 1 aromatic rings. The second kappa shape index (κ2) is 7.77. The molecule has 2 amide bonds. The average molecular weight is 285 g/mol. The Morgan fingerprint density at radius 1 is 0.905 bits per heavy atom. The molecule has 0 aromatic heterocycles. The lowest BCUT2D eigenvalue weighted by Crippen LogP contribution is -2.30. The van der Waals surface area contributed by atoms with Crippen molar-refractivity contribution in [3.8, 4) is 0 Å². The SMILES string of the molecule is CCCCC=CCCCCN1C(=O)c2ccccc2C1=O. The first-order valence-corrected chi connectivity index (χ1v) is 7.86. The Morgan fingerprint density at radius 3 is 2.05 bits per heavy atom. The van der Waals surface area contributed by atoms with E-state index in [2.05, 4.69) is 19.1 Å². The van der Waals surface area contributed by atoms with Crippen LogP contribution in [0, 0.1) is 0 Å². The molecule has 1 aliphatic heterocycles. The molecule has 1 aliphatic rings. The van der Waals surface area contributed by atoms with Crippen LogP contribution in [-0.2, 0) is 0 Å². The minimum atomic E-state index is -0.144. The monoisotopic (exact) mass is 285 g/mol. The van der Waals surface area contributed by atoms with Gasteiger partial charge >= 0.3 is 0 Å². The van der Waals surface area contributed by atoms with Crippen LogP contribution >= 0.6 is 0 Å². The molecule has 0 spiro atoms. The summed E-state index contributed by atoms with van der Waals surface area (Å²) in [5.74, 6) is -0.289. The zero-order valence-electron chi connectivity index (χ0n) is 12.7. The van der Waals surface area contributed by atoms with Crippen LogP contribution in [0.25, 0.3) is 0 Å². The van der Waals surface area contributed by atoms with Gasteiger partial charge in [0.1, 0.15) is 0 Å². The van der Waals surface area contributed by atoms with Gasteiger partial charge in [-0.15, -0.1) is 0 Å². The molecule has 0 saturated heterocycles. The predicted octanol–water partition coefficient (Wildman–Crippen LogP) is 4.20. The molecule has 1 aromatic carbocycles. The van der Waals surface area contributed by atoms with Crippen LogP contribution in [0.3, 0.4) is 0 Å². The number of unbranched alkanes of at least 4 members (excludes halogenated alkanes) is 4. The van der Waals surface area contributed by atoms with E-state index in [0.717, 1.165) is 25.7 Å². The lowest BCUT2D eigenvalue weighted by atomic mass is 10.1. The highest BCUT2D eigenvalue weighted by atomic mass is 16.2. The van der Waals surface area contributed by atoms with Gasteiger partial charge in [-0.1, -0.05) is 44.1 Å². The van der Waals surface area contributed by atoms with Crippen LogP contribution < -0.4 is 0 Å². The number of carbonyl (C=O) groups excluding carboxylic acids is 2. The molecule has 21 heavy (non-hydrogen) atoms. The van der Waals surface area contributed by atoms with Gasteiger partial charge in [0.2, 0.25) is 0 Å². The summed E-state index contributed by atoms with van der Waals surface area (Å²) >= 11 is 0. The topological polar surface area (TPSA) is 37.4 Å². The van der Waals surface area contributed by atoms with Crippen LogP contribution in [-0.4, -0.2) is 23.3 Å². The van der Waals surface area contributed by atoms with Crippen LogP contribution in [0.4, 0.5) is 0 Å². The fraction of sp³-hybridized carbons (Fsp3) is 0.444. The van der Waals surface area contributed by atoms with Crippen molar-refractivity contribution in [3.63, 3.8) is 0 Å². The number of allylic oxidation sites excluding steroid dienone is 2. The first kappa shape index (κ1) is 15.5. The fourth-order valence-electron chi connectivity index (χ4n) is 2.53. The molecule has 1 heterocycles. The van der Waals surface area contributed by atoms with Crippen LogP contribution in [0.2, 0.25) is 0 Å². The maximum atomic E-state index is 12.1. The number of amides is 2. The molecule has 3 nitrogen and oxygen atoms in total. The molecule has 0 radical (unpaired) electrons. The number of imide groups is 1. The maximum absolute atomic E-state index is 12.1. The number of carbonyl (C=O) groups is 2. The molecule has 0 fully saturated rings. The number of fused-ring (bicyclic) bond motifs is 1. The van der Waals surface area contributed by atoms with E-state index in [4.69, 9.17) is 0 Å². The van der Waals surface area contributed by atoms with E-state index in [1.165, 1.54) is 17.7 Å². The normalized spacial score (nSPS) is 14.2. The molecule has 112 valence electrons. The summed E-state index contributed by atoms with van der Waals surface area (Å²) in [5, 5.41) is 0. The first-order chi connectivity index (χ1) is 10.3. The summed E-state index contributed by atoms with van der Waals surface area (Å²) in [6, 6.07) is 7.06. The Kier molecular flexibility index (Phi) is 5.73. The van der Waals surface area contributed by atoms with Crippen molar-refractivity contribution < 1.29 is 9.59 Å². The van der Waals surface area contributed by atoms with E-state index in [1.807, 2.05) is 0 Å². The molecule has 0 saturated carbocycles. The molecule has 0 atom stereocenters. The van der Waals surface area contributed by atoms with Crippen molar-refractivity contribution in [2.24, 2.45) is 0 Å². The van der Waals surface area contributed by atoms with E-state index in [-0.39, 0.29) is 11.8 Å². The summed E-state index contributed by atoms with van der Waals surface area (Å²) in [6.45, 7) is 2.71. The van der Waals surface area contributed by atoms with Gasteiger partial charge in [-0.3, -0.25) is 14.5 Å². The number of nitrogens with zero attached hydrogens (tertiary/aromatic N) is 1. The Morgan fingerprint density at radius 2 is 1.48 bits per heavy atom. The average Bonchev–Trinajstić information content (AvgIpc) is 2.75. The van der Waals surface area contributed by atoms with Gasteiger partial charge in [-0.2, -0.15) is 0 Å².